The van der Waals surface area contributed by atoms with Crippen LogP contribution in [-0.2, 0) is 0 Å². The molecule has 1 aromatic carbocycles. The number of hydrogen-bond acceptors (Lipinski definition) is 1. The van der Waals surface area contributed by atoms with Crippen LogP contribution in [0.1, 0.15) is 44.0 Å². The molecule has 0 fully saturated rings. The molecule has 1 rings (SSSR count). The fourth-order valence-electron chi connectivity index (χ4n) is 1.56. The van der Waals surface area contributed by atoms with Gasteiger partial charge in [-0.25, -0.2) is 0 Å². The first-order valence-electron chi connectivity index (χ1n) is 5.93. The molecule has 0 aliphatic heterocycles. The van der Waals surface area contributed by atoms with Crippen molar-refractivity contribution >= 4 is 17.5 Å². The molecule has 0 atom stereocenters. The van der Waals surface area contributed by atoms with Gasteiger partial charge in [-0.15, -0.1) is 0 Å². The van der Waals surface area contributed by atoms with Crippen molar-refractivity contribution < 1.29 is 4.79 Å². The van der Waals surface area contributed by atoms with Crippen molar-refractivity contribution in [2.24, 2.45) is 5.41 Å². The molecule has 1 amide bonds. The van der Waals surface area contributed by atoms with E-state index in [-0.39, 0.29) is 5.91 Å². The standard InChI is InChI=1S/C14H20ClNO/c1-14(2,3)9-6-10-16-13(17)11-7-4-5-8-12(11)15/h4-5,7-8H,6,9-10H2,1-3H3,(H,16,17). The van der Waals surface area contributed by atoms with Crippen LogP contribution in [-0.4, -0.2) is 12.5 Å². The molecule has 0 heterocycles. The third kappa shape index (κ3) is 5.22. The first-order chi connectivity index (χ1) is 7.90. The van der Waals surface area contributed by atoms with E-state index < -0.39 is 0 Å². The van der Waals surface area contributed by atoms with E-state index in [9.17, 15) is 4.79 Å². The summed E-state index contributed by atoms with van der Waals surface area (Å²) in [5.41, 5.74) is 0.861. The van der Waals surface area contributed by atoms with Gasteiger partial charge in [0.25, 0.3) is 5.91 Å². The molecule has 0 radical (unpaired) electrons. The average molecular weight is 254 g/mol. The number of amides is 1. The summed E-state index contributed by atoms with van der Waals surface area (Å²) < 4.78 is 0. The number of halogens is 1. The van der Waals surface area contributed by atoms with Crippen molar-refractivity contribution in [2.45, 2.75) is 33.6 Å². The van der Waals surface area contributed by atoms with Crippen LogP contribution in [0.4, 0.5) is 0 Å². The third-order valence-electron chi connectivity index (χ3n) is 2.51. The van der Waals surface area contributed by atoms with Crippen LogP contribution in [0, 0.1) is 5.41 Å². The maximum atomic E-state index is 11.8. The highest BCUT2D eigenvalue weighted by molar-refractivity contribution is 6.33. The lowest BCUT2D eigenvalue weighted by atomic mass is 9.91. The Morgan fingerprint density at radius 3 is 2.53 bits per heavy atom. The Kier molecular flexibility index (Phi) is 5.01. The molecule has 0 unspecified atom stereocenters. The summed E-state index contributed by atoms with van der Waals surface area (Å²) in [4.78, 5) is 11.8. The lowest BCUT2D eigenvalue weighted by Gasteiger charge is -2.17. The molecule has 94 valence electrons. The van der Waals surface area contributed by atoms with Gasteiger partial charge >= 0.3 is 0 Å². The molecule has 0 aliphatic carbocycles. The second kappa shape index (κ2) is 6.06. The van der Waals surface area contributed by atoms with Gasteiger partial charge in [0.15, 0.2) is 0 Å². The minimum Gasteiger partial charge on any atom is -0.352 e. The van der Waals surface area contributed by atoms with Crippen LogP contribution in [0.2, 0.25) is 5.02 Å². The van der Waals surface area contributed by atoms with Gasteiger partial charge in [-0.05, 0) is 30.4 Å². The molecule has 0 aliphatic rings. The quantitative estimate of drug-likeness (QED) is 0.811. The van der Waals surface area contributed by atoms with Gasteiger partial charge in [0, 0.05) is 6.54 Å². The number of rotatable bonds is 4. The zero-order chi connectivity index (χ0) is 12.9. The molecule has 1 N–H and O–H groups in total. The predicted molar refractivity (Wildman–Crippen MR) is 72.5 cm³/mol. The van der Waals surface area contributed by atoms with E-state index in [1.165, 1.54) is 0 Å². The van der Waals surface area contributed by atoms with E-state index in [0.29, 0.717) is 22.5 Å². The lowest BCUT2D eigenvalue weighted by molar-refractivity contribution is 0.0951. The van der Waals surface area contributed by atoms with Gasteiger partial charge in [-0.3, -0.25) is 4.79 Å². The van der Waals surface area contributed by atoms with Crippen LogP contribution in [0.3, 0.4) is 0 Å². The number of carbonyl (C=O) groups is 1. The molecule has 0 saturated heterocycles. The monoisotopic (exact) mass is 253 g/mol. The summed E-state index contributed by atoms with van der Waals surface area (Å²) >= 11 is 5.94. The Morgan fingerprint density at radius 2 is 1.94 bits per heavy atom. The third-order valence-corrected chi connectivity index (χ3v) is 2.84. The molecule has 0 aromatic heterocycles. The van der Waals surface area contributed by atoms with Crippen molar-refractivity contribution in [3.8, 4) is 0 Å². The maximum Gasteiger partial charge on any atom is 0.252 e. The maximum absolute atomic E-state index is 11.8. The van der Waals surface area contributed by atoms with Gasteiger partial charge in [-0.1, -0.05) is 44.5 Å². The first-order valence-corrected chi connectivity index (χ1v) is 6.31. The topological polar surface area (TPSA) is 29.1 Å². The molecule has 1 aromatic rings. The number of carbonyl (C=O) groups excluding carboxylic acids is 1. The second-order valence-corrected chi connectivity index (χ2v) is 5.81. The molecule has 0 saturated carbocycles. The number of benzene rings is 1. The highest BCUT2D eigenvalue weighted by Gasteiger charge is 2.11. The fourth-order valence-corrected chi connectivity index (χ4v) is 1.78. The Hall–Kier alpha value is -1.02. The van der Waals surface area contributed by atoms with E-state index in [2.05, 4.69) is 26.1 Å². The molecular weight excluding hydrogens is 234 g/mol. The zero-order valence-electron chi connectivity index (χ0n) is 10.7. The smallest absolute Gasteiger partial charge is 0.252 e. The van der Waals surface area contributed by atoms with Crippen molar-refractivity contribution in [2.75, 3.05) is 6.54 Å². The van der Waals surface area contributed by atoms with E-state index in [0.717, 1.165) is 12.8 Å². The highest BCUT2D eigenvalue weighted by atomic mass is 35.5. The van der Waals surface area contributed by atoms with Gasteiger partial charge < -0.3 is 5.32 Å². The Bertz CT molecular complexity index is 382. The summed E-state index contributed by atoms with van der Waals surface area (Å²) in [6, 6.07) is 7.10. The molecule has 2 nitrogen and oxygen atoms in total. The van der Waals surface area contributed by atoms with Gasteiger partial charge in [-0.2, -0.15) is 0 Å². The highest BCUT2D eigenvalue weighted by Crippen LogP contribution is 2.20. The van der Waals surface area contributed by atoms with Gasteiger partial charge in [0.1, 0.15) is 0 Å². The zero-order valence-corrected chi connectivity index (χ0v) is 11.5. The largest absolute Gasteiger partial charge is 0.352 e. The van der Waals surface area contributed by atoms with E-state index >= 15 is 0 Å². The van der Waals surface area contributed by atoms with E-state index in [4.69, 9.17) is 11.6 Å². The summed E-state index contributed by atoms with van der Waals surface area (Å²) in [5.74, 6) is -0.0930. The molecular formula is C14H20ClNO. The van der Waals surface area contributed by atoms with E-state index in [1.807, 2.05) is 12.1 Å². The Morgan fingerprint density at radius 1 is 1.29 bits per heavy atom. The van der Waals surface area contributed by atoms with Gasteiger partial charge in [0.2, 0.25) is 0 Å². The molecule has 17 heavy (non-hydrogen) atoms. The van der Waals surface area contributed by atoms with Crippen LogP contribution >= 0.6 is 11.6 Å². The van der Waals surface area contributed by atoms with Crippen molar-refractivity contribution in [3.05, 3.63) is 34.9 Å². The molecule has 3 heteroatoms. The predicted octanol–water partition coefficient (Wildman–Crippen LogP) is 3.90. The SMILES string of the molecule is CC(C)(C)CCCNC(=O)c1ccccc1Cl. The molecule has 0 spiro atoms. The first kappa shape index (κ1) is 14.0. The van der Waals surface area contributed by atoms with Crippen molar-refractivity contribution in [1.82, 2.24) is 5.32 Å². The summed E-state index contributed by atoms with van der Waals surface area (Å²) in [6.07, 6.45) is 2.08. The summed E-state index contributed by atoms with van der Waals surface area (Å²) in [6.45, 7) is 7.29. The molecule has 0 bridgehead atoms. The lowest BCUT2D eigenvalue weighted by Crippen LogP contribution is -2.25. The van der Waals surface area contributed by atoms with Crippen molar-refractivity contribution in [1.29, 1.82) is 0 Å². The Labute approximate surface area is 108 Å². The van der Waals surface area contributed by atoms with Crippen LogP contribution < -0.4 is 5.32 Å². The van der Waals surface area contributed by atoms with Crippen LogP contribution in [0.5, 0.6) is 0 Å². The van der Waals surface area contributed by atoms with Crippen LogP contribution in [0.15, 0.2) is 24.3 Å². The normalized spacial score (nSPS) is 11.3. The fraction of sp³-hybridized carbons (Fsp3) is 0.500. The van der Waals surface area contributed by atoms with E-state index in [1.54, 1.807) is 12.1 Å². The number of hydrogen-bond donors (Lipinski definition) is 1. The van der Waals surface area contributed by atoms with Gasteiger partial charge in [0.05, 0.1) is 10.6 Å². The number of nitrogens with one attached hydrogen (secondary N) is 1. The minimum absolute atomic E-state index is 0.0930. The van der Waals surface area contributed by atoms with Crippen molar-refractivity contribution in [3.63, 3.8) is 0 Å². The van der Waals surface area contributed by atoms with Crippen LogP contribution in [0.25, 0.3) is 0 Å². The Balaban J connectivity index is 2.39. The minimum atomic E-state index is -0.0930. The summed E-state index contributed by atoms with van der Waals surface area (Å²) in [5, 5.41) is 3.39. The second-order valence-electron chi connectivity index (χ2n) is 5.40. The summed E-state index contributed by atoms with van der Waals surface area (Å²) in [7, 11) is 0. The average Bonchev–Trinajstić information content (AvgIpc) is 2.23.